The maximum absolute atomic E-state index is 13.5. The first-order chi connectivity index (χ1) is 14.9. The Morgan fingerprint density at radius 2 is 1.81 bits per heavy atom. The van der Waals surface area contributed by atoms with Gasteiger partial charge in [0.05, 0.1) is 17.8 Å². The first-order valence-corrected chi connectivity index (χ1v) is 10.5. The second-order valence-corrected chi connectivity index (χ2v) is 8.72. The number of carbonyl (C=O) groups excluding carboxylic acids is 1. The topological polar surface area (TPSA) is 89.4 Å². The molecule has 0 spiro atoms. The van der Waals surface area contributed by atoms with Gasteiger partial charge in [-0.25, -0.2) is 4.99 Å². The van der Waals surface area contributed by atoms with Crippen LogP contribution in [0, 0.1) is 0 Å². The minimum Gasteiger partial charge on any atom is -0.369 e. The molecule has 1 aromatic carbocycles. The average Bonchev–Trinajstić information content (AvgIpc) is 3.53. The number of nitrogens with two attached hydrogens (primary N) is 1. The van der Waals surface area contributed by atoms with Crippen LogP contribution in [0.5, 0.6) is 0 Å². The normalized spacial score (nSPS) is 23.7. The largest absolute Gasteiger partial charge is 0.369 e. The molecule has 1 unspecified atom stereocenters. The lowest BCUT2D eigenvalue weighted by atomic mass is 9.74. The number of aryl methyl sites for hydroxylation is 1. The molecule has 1 aliphatic heterocycles. The van der Waals surface area contributed by atoms with Gasteiger partial charge >= 0.3 is 0 Å². The third-order valence-electron chi connectivity index (χ3n) is 6.49. The predicted molar refractivity (Wildman–Crippen MR) is 119 cm³/mol. The van der Waals surface area contributed by atoms with Gasteiger partial charge in [-0.1, -0.05) is 24.3 Å². The van der Waals surface area contributed by atoms with Gasteiger partial charge in [0.2, 0.25) is 5.91 Å². The molecule has 1 amide bonds. The molecule has 0 bridgehead atoms. The van der Waals surface area contributed by atoms with Crippen LogP contribution in [0.25, 0.3) is 11.3 Å². The lowest BCUT2D eigenvalue weighted by molar-refractivity contribution is -0.130. The van der Waals surface area contributed by atoms with Gasteiger partial charge in [-0.15, -0.1) is 0 Å². The number of hydrogen-bond acceptors (Lipinski definition) is 5. The third-order valence-corrected chi connectivity index (χ3v) is 6.49. The molecule has 31 heavy (non-hydrogen) atoms. The molecular formula is C24H26N6O. The number of pyridine rings is 1. The van der Waals surface area contributed by atoms with Crippen molar-refractivity contribution < 1.29 is 4.79 Å². The van der Waals surface area contributed by atoms with Crippen molar-refractivity contribution in [1.29, 1.82) is 0 Å². The van der Waals surface area contributed by atoms with Crippen molar-refractivity contribution in [3.63, 3.8) is 0 Å². The van der Waals surface area contributed by atoms with E-state index in [1.807, 2.05) is 32.3 Å². The molecule has 1 saturated carbocycles. The van der Waals surface area contributed by atoms with E-state index in [2.05, 4.69) is 34.3 Å². The van der Waals surface area contributed by atoms with Crippen LogP contribution >= 0.6 is 0 Å². The molecule has 0 radical (unpaired) electrons. The molecule has 0 saturated heterocycles. The number of rotatable bonds is 4. The molecule has 1 fully saturated rings. The van der Waals surface area contributed by atoms with Crippen molar-refractivity contribution in [3.8, 4) is 11.3 Å². The Bertz CT molecular complexity index is 1180. The summed E-state index contributed by atoms with van der Waals surface area (Å²) in [6.07, 6.45) is 7.94. The summed E-state index contributed by atoms with van der Waals surface area (Å²) in [4.78, 5) is 24.2. The minimum absolute atomic E-state index is 0.0612. The van der Waals surface area contributed by atoms with Crippen molar-refractivity contribution in [2.75, 3.05) is 7.05 Å². The number of carbonyl (C=O) groups is 1. The molecule has 1 aliphatic carbocycles. The zero-order chi connectivity index (χ0) is 21.8. The number of likely N-dealkylation sites (N-methyl/N-ethyl adjacent to an activating group) is 1. The summed E-state index contributed by atoms with van der Waals surface area (Å²) < 4.78 is 1.74. The first kappa shape index (κ1) is 19.5. The Hall–Kier alpha value is -3.48. The molecule has 7 heteroatoms. The van der Waals surface area contributed by atoms with Crippen LogP contribution in [0.4, 0.5) is 0 Å². The van der Waals surface area contributed by atoms with E-state index < -0.39 is 11.5 Å². The van der Waals surface area contributed by atoms with Gasteiger partial charge in [0.1, 0.15) is 5.54 Å². The number of aliphatic imine (C=N–C) groups is 1. The number of aromatic nitrogens is 3. The maximum Gasteiger partial charge on any atom is 0.239 e. The Balaban J connectivity index is 1.62. The van der Waals surface area contributed by atoms with E-state index in [1.54, 1.807) is 24.1 Å². The summed E-state index contributed by atoms with van der Waals surface area (Å²) in [6, 6.07) is 12.3. The number of hydrogen-bond donors (Lipinski definition) is 1. The molecule has 2 atom stereocenters. The summed E-state index contributed by atoms with van der Waals surface area (Å²) in [6.45, 7) is 1.98. The number of benzene rings is 1. The molecule has 7 nitrogen and oxygen atoms in total. The fourth-order valence-corrected chi connectivity index (χ4v) is 4.46. The molecule has 2 N–H and O–H groups in total. The standard InChI is InChI=1S/C24H26N6O/c1-24(19-10-11-26-20(12-19)18-13-27-29(2)14-18)21(22(31)30(3)23(25)28-24)17-8-6-16(7-9-17)15-4-5-15/h6-15,21H,4-5H2,1-3H3,(H2,25,28)/t21-,24?/m0/s1. The summed E-state index contributed by atoms with van der Waals surface area (Å²) >= 11 is 0. The number of amides is 1. The highest BCUT2D eigenvalue weighted by atomic mass is 16.2. The van der Waals surface area contributed by atoms with Crippen LogP contribution in [0.2, 0.25) is 0 Å². The highest BCUT2D eigenvalue weighted by molar-refractivity contribution is 6.02. The molecule has 3 aromatic rings. The predicted octanol–water partition coefficient (Wildman–Crippen LogP) is 3.15. The van der Waals surface area contributed by atoms with E-state index in [0.717, 1.165) is 22.4 Å². The average molecular weight is 415 g/mol. The lowest BCUT2D eigenvalue weighted by Gasteiger charge is -2.41. The third kappa shape index (κ3) is 3.30. The van der Waals surface area contributed by atoms with E-state index in [1.165, 1.54) is 23.3 Å². The molecule has 3 heterocycles. The zero-order valence-electron chi connectivity index (χ0n) is 18.0. The van der Waals surface area contributed by atoms with E-state index in [4.69, 9.17) is 10.7 Å². The molecule has 2 aliphatic rings. The molecule has 158 valence electrons. The van der Waals surface area contributed by atoms with Crippen molar-refractivity contribution in [1.82, 2.24) is 19.7 Å². The van der Waals surface area contributed by atoms with E-state index in [-0.39, 0.29) is 11.9 Å². The minimum atomic E-state index is -0.853. The summed E-state index contributed by atoms with van der Waals surface area (Å²) in [5.74, 6) is 0.343. The molecule has 5 rings (SSSR count). The van der Waals surface area contributed by atoms with Gasteiger partial charge in [-0.05, 0) is 54.5 Å². The van der Waals surface area contributed by atoms with E-state index in [9.17, 15) is 4.79 Å². The molecular weight excluding hydrogens is 388 g/mol. The van der Waals surface area contributed by atoms with E-state index >= 15 is 0 Å². The summed E-state index contributed by atoms with van der Waals surface area (Å²) in [7, 11) is 3.55. The van der Waals surface area contributed by atoms with Gasteiger partial charge < -0.3 is 5.73 Å². The van der Waals surface area contributed by atoms with Crippen LogP contribution in [0.3, 0.4) is 0 Å². The van der Waals surface area contributed by atoms with Crippen LogP contribution in [-0.4, -0.2) is 38.6 Å². The quantitative estimate of drug-likeness (QED) is 0.710. The Morgan fingerprint density at radius 3 is 2.45 bits per heavy atom. The van der Waals surface area contributed by atoms with Gasteiger partial charge in [-0.3, -0.25) is 19.4 Å². The fraction of sp³-hybridized carbons (Fsp3) is 0.333. The van der Waals surface area contributed by atoms with Crippen LogP contribution in [0.15, 0.2) is 60.0 Å². The van der Waals surface area contributed by atoms with Crippen molar-refractivity contribution in [2.45, 2.75) is 37.1 Å². The van der Waals surface area contributed by atoms with Crippen molar-refractivity contribution in [3.05, 3.63) is 71.7 Å². The van der Waals surface area contributed by atoms with Crippen LogP contribution in [-0.2, 0) is 17.4 Å². The van der Waals surface area contributed by atoms with Crippen molar-refractivity contribution in [2.24, 2.45) is 17.8 Å². The van der Waals surface area contributed by atoms with Crippen LogP contribution < -0.4 is 5.73 Å². The maximum atomic E-state index is 13.5. The SMILES string of the molecule is CN1C(=O)[C@H](c2ccc(C3CC3)cc2)C(C)(c2ccnc(-c3cnn(C)c3)c2)N=C1N. The van der Waals surface area contributed by atoms with Crippen molar-refractivity contribution >= 4 is 11.9 Å². The second kappa shape index (κ2) is 7.04. The zero-order valence-corrected chi connectivity index (χ0v) is 18.0. The van der Waals surface area contributed by atoms with Crippen LogP contribution in [0.1, 0.15) is 48.3 Å². The number of nitrogens with zero attached hydrogens (tertiary/aromatic N) is 5. The monoisotopic (exact) mass is 414 g/mol. The van der Waals surface area contributed by atoms with E-state index in [0.29, 0.717) is 5.92 Å². The van der Waals surface area contributed by atoms with Gasteiger partial charge in [-0.2, -0.15) is 5.10 Å². The summed E-state index contributed by atoms with van der Waals surface area (Å²) in [5, 5.41) is 4.24. The number of guanidine groups is 1. The Labute approximate surface area is 181 Å². The smallest absolute Gasteiger partial charge is 0.239 e. The Morgan fingerprint density at radius 1 is 1.10 bits per heavy atom. The molecule has 2 aromatic heterocycles. The lowest BCUT2D eigenvalue weighted by Crippen LogP contribution is -2.52. The summed E-state index contributed by atoms with van der Waals surface area (Å²) in [5.41, 5.74) is 10.2. The van der Waals surface area contributed by atoms with Gasteiger partial charge in [0.15, 0.2) is 5.96 Å². The first-order valence-electron chi connectivity index (χ1n) is 10.5. The fourth-order valence-electron chi connectivity index (χ4n) is 4.46. The second-order valence-electron chi connectivity index (χ2n) is 8.72. The van der Waals surface area contributed by atoms with Gasteiger partial charge in [0.25, 0.3) is 0 Å². The highest BCUT2D eigenvalue weighted by Gasteiger charge is 2.47. The van der Waals surface area contributed by atoms with Gasteiger partial charge in [0, 0.05) is 32.1 Å². The highest BCUT2D eigenvalue weighted by Crippen LogP contribution is 2.45. The Kier molecular flexibility index (Phi) is 4.43.